The van der Waals surface area contributed by atoms with Crippen molar-refractivity contribution in [3.8, 4) is 0 Å². The van der Waals surface area contributed by atoms with E-state index in [1.54, 1.807) is 0 Å². The Balaban J connectivity index is 1.85. The third kappa shape index (κ3) is 7.43. The fraction of sp³-hybridized carbons (Fsp3) is 1.00. The van der Waals surface area contributed by atoms with E-state index in [9.17, 15) is 0 Å². The van der Waals surface area contributed by atoms with E-state index in [2.05, 4.69) is 15.9 Å². The average molecular weight is 307 g/mol. The molecule has 0 spiro atoms. The van der Waals surface area contributed by atoms with Crippen LogP contribution in [0.1, 0.15) is 65.2 Å². The second-order valence-corrected chi connectivity index (χ2v) is 6.20. The molecule has 0 amide bonds. The largest absolute Gasteiger partial charge is 0.348 e. The second-order valence-electron chi connectivity index (χ2n) is 5.40. The Kier molecular flexibility index (Phi) is 7.72. The van der Waals surface area contributed by atoms with Crippen LogP contribution in [0.2, 0.25) is 0 Å². The van der Waals surface area contributed by atoms with Crippen LogP contribution in [0, 0.1) is 0 Å². The number of alkyl halides is 1. The van der Waals surface area contributed by atoms with Crippen LogP contribution < -0.4 is 0 Å². The topological polar surface area (TPSA) is 18.5 Å². The number of hydrogen-bond donors (Lipinski definition) is 0. The summed E-state index contributed by atoms with van der Waals surface area (Å²) in [5.74, 6) is -0.347. The fourth-order valence-corrected chi connectivity index (χ4v) is 2.65. The molecule has 1 unspecified atom stereocenters. The molecule has 3 heteroatoms. The van der Waals surface area contributed by atoms with Gasteiger partial charge in [-0.3, -0.25) is 0 Å². The standard InChI is InChI=1S/C14H27BrO2/c1-14(2)16-12-13(17-14)10-8-6-4-3-5-7-9-11-15/h13H,3-12H2,1-2H3. The van der Waals surface area contributed by atoms with Crippen LogP contribution in [0.5, 0.6) is 0 Å². The van der Waals surface area contributed by atoms with Gasteiger partial charge in [-0.05, 0) is 26.7 Å². The zero-order valence-corrected chi connectivity index (χ0v) is 12.9. The van der Waals surface area contributed by atoms with Gasteiger partial charge in [-0.25, -0.2) is 0 Å². The second kappa shape index (κ2) is 8.49. The van der Waals surface area contributed by atoms with Gasteiger partial charge in [0.05, 0.1) is 12.7 Å². The van der Waals surface area contributed by atoms with Crippen molar-refractivity contribution in [2.24, 2.45) is 0 Å². The van der Waals surface area contributed by atoms with Gasteiger partial charge in [0, 0.05) is 5.33 Å². The molecule has 1 aliphatic rings. The molecule has 0 aromatic carbocycles. The molecule has 1 fully saturated rings. The summed E-state index contributed by atoms with van der Waals surface area (Å²) in [7, 11) is 0. The predicted octanol–water partition coefficient (Wildman–Crippen LogP) is 4.65. The van der Waals surface area contributed by atoms with Crippen molar-refractivity contribution in [3.05, 3.63) is 0 Å². The summed E-state index contributed by atoms with van der Waals surface area (Å²) in [5.41, 5.74) is 0. The highest BCUT2D eigenvalue weighted by atomic mass is 79.9. The van der Waals surface area contributed by atoms with E-state index in [0.717, 1.165) is 18.4 Å². The van der Waals surface area contributed by atoms with Gasteiger partial charge in [-0.15, -0.1) is 0 Å². The maximum absolute atomic E-state index is 5.78. The highest BCUT2D eigenvalue weighted by Crippen LogP contribution is 2.25. The van der Waals surface area contributed by atoms with Crippen LogP contribution in [0.3, 0.4) is 0 Å². The first-order valence-corrected chi connectivity index (χ1v) is 8.14. The van der Waals surface area contributed by atoms with Gasteiger partial charge in [0.25, 0.3) is 0 Å². The minimum Gasteiger partial charge on any atom is -0.348 e. The SMILES string of the molecule is CC1(C)OCC(CCCCCCCCCBr)O1. The third-order valence-electron chi connectivity index (χ3n) is 3.23. The molecule has 0 aromatic rings. The van der Waals surface area contributed by atoms with Crippen LogP contribution in [0.4, 0.5) is 0 Å². The molecular formula is C14H27BrO2. The lowest BCUT2D eigenvalue weighted by Crippen LogP contribution is -2.21. The summed E-state index contributed by atoms with van der Waals surface area (Å²) >= 11 is 3.46. The molecule has 0 aromatic heterocycles. The summed E-state index contributed by atoms with van der Waals surface area (Å²) in [5, 5.41) is 1.15. The predicted molar refractivity (Wildman–Crippen MR) is 75.6 cm³/mol. The molecular weight excluding hydrogens is 280 g/mol. The minimum atomic E-state index is -0.347. The maximum Gasteiger partial charge on any atom is 0.163 e. The van der Waals surface area contributed by atoms with E-state index in [1.165, 1.54) is 44.9 Å². The summed E-state index contributed by atoms with van der Waals surface area (Å²) in [6, 6.07) is 0. The van der Waals surface area contributed by atoms with Gasteiger partial charge in [0.15, 0.2) is 5.79 Å². The smallest absolute Gasteiger partial charge is 0.163 e. The Morgan fingerprint density at radius 3 is 2.12 bits per heavy atom. The van der Waals surface area contributed by atoms with Gasteiger partial charge >= 0.3 is 0 Å². The van der Waals surface area contributed by atoms with Crippen molar-refractivity contribution >= 4 is 15.9 Å². The van der Waals surface area contributed by atoms with Gasteiger partial charge in [-0.1, -0.05) is 54.5 Å². The molecule has 1 atom stereocenters. The summed E-state index contributed by atoms with van der Waals surface area (Å²) in [6.07, 6.45) is 11.0. The Morgan fingerprint density at radius 2 is 1.59 bits per heavy atom. The normalized spacial score (nSPS) is 23.1. The van der Waals surface area contributed by atoms with Gasteiger partial charge < -0.3 is 9.47 Å². The molecule has 0 bridgehead atoms. The molecule has 1 heterocycles. The molecule has 102 valence electrons. The fourth-order valence-electron chi connectivity index (χ4n) is 2.26. The van der Waals surface area contributed by atoms with Crippen molar-refractivity contribution in [2.75, 3.05) is 11.9 Å². The third-order valence-corrected chi connectivity index (χ3v) is 3.79. The van der Waals surface area contributed by atoms with Crippen LogP contribution >= 0.6 is 15.9 Å². The van der Waals surface area contributed by atoms with Crippen LogP contribution in [-0.2, 0) is 9.47 Å². The first-order chi connectivity index (χ1) is 8.14. The number of halogens is 1. The zero-order chi connectivity index (χ0) is 12.6. The lowest BCUT2D eigenvalue weighted by atomic mass is 10.1. The van der Waals surface area contributed by atoms with Crippen molar-refractivity contribution < 1.29 is 9.47 Å². The quantitative estimate of drug-likeness (QED) is 0.456. The van der Waals surface area contributed by atoms with Crippen molar-refractivity contribution in [2.45, 2.75) is 77.1 Å². The van der Waals surface area contributed by atoms with E-state index < -0.39 is 0 Å². The van der Waals surface area contributed by atoms with E-state index in [0.29, 0.717) is 6.10 Å². The number of unbranched alkanes of at least 4 members (excludes halogenated alkanes) is 6. The molecule has 0 aliphatic carbocycles. The highest BCUT2D eigenvalue weighted by Gasteiger charge is 2.31. The lowest BCUT2D eigenvalue weighted by molar-refractivity contribution is -0.139. The van der Waals surface area contributed by atoms with Gasteiger partial charge in [-0.2, -0.15) is 0 Å². The van der Waals surface area contributed by atoms with E-state index in [1.807, 2.05) is 13.8 Å². The Labute approximate surface area is 115 Å². The molecule has 1 rings (SSSR count). The van der Waals surface area contributed by atoms with Crippen molar-refractivity contribution in [1.29, 1.82) is 0 Å². The summed E-state index contributed by atoms with van der Waals surface area (Å²) < 4.78 is 11.3. The summed E-state index contributed by atoms with van der Waals surface area (Å²) in [6.45, 7) is 4.77. The highest BCUT2D eigenvalue weighted by molar-refractivity contribution is 9.09. The molecule has 1 saturated heterocycles. The Hall–Kier alpha value is 0.400. The van der Waals surface area contributed by atoms with Gasteiger partial charge in [0.1, 0.15) is 0 Å². The van der Waals surface area contributed by atoms with Crippen molar-refractivity contribution in [1.82, 2.24) is 0 Å². The van der Waals surface area contributed by atoms with Crippen LogP contribution in [0.15, 0.2) is 0 Å². The molecule has 0 saturated carbocycles. The van der Waals surface area contributed by atoms with Crippen molar-refractivity contribution in [3.63, 3.8) is 0 Å². The number of hydrogen-bond acceptors (Lipinski definition) is 2. The zero-order valence-electron chi connectivity index (χ0n) is 11.3. The van der Waals surface area contributed by atoms with Crippen LogP contribution in [-0.4, -0.2) is 23.8 Å². The number of rotatable bonds is 9. The van der Waals surface area contributed by atoms with E-state index >= 15 is 0 Å². The lowest BCUT2D eigenvalue weighted by Gasteiger charge is -2.16. The first kappa shape index (κ1) is 15.5. The Morgan fingerprint density at radius 1 is 1.00 bits per heavy atom. The minimum absolute atomic E-state index is 0.332. The van der Waals surface area contributed by atoms with E-state index in [4.69, 9.17) is 9.47 Å². The monoisotopic (exact) mass is 306 g/mol. The molecule has 0 N–H and O–H groups in total. The number of ether oxygens (including phenoxy) is 2. The average Bonchev–Trinajstić information content (AvgIpc) is 2.62. The first-order valence-electron chi connectivity index (χ1n) is 7.02. The molecule has 17 heavy (non-hydrogen) atoms. The van der Waals surface area contributed by atoms with Gasteiger partial charge in [0.2, 0.25) is 0 Å². The summed E-state index contributed by atoms with van der Waals surface area (Å²) in [4.78, 5) is 0. The molecule has 2 nitrogen and oxygen atoms in total. The molecule has 1 aliphatic heterocycles. The molecule has 0 radical (unpaired) electrons. The maximum atomic E-state index is 5.78. The van der Waals surface area contributed by atoms with Crippen LogP contribution in [0.25, 0.3) is 0 Å². The Bertz CT molecular complexity index is 195. The van der Waals surface area contributed by atoms with E-state index in [-0.39, 0.29) is 5.79 Å².